The number of carbonyl (C=O) groups excluding carboxylic acids is 1. The van der Waals surface area contributed by atoms with Crippen LogP contribution in [0.4, 0.5) is 0 Å². The van der Waals surface area contributed by atoms with Crippen molar-refractivity contribution in [1.82, 2.24) is 9.78 Å². The lowest BCUT2D eigenvalue weighted by Gasteiger charge is -2.13. The van der Waals surface area contributed by atoms with Crippen molar-refractivity contribution in [3.63, 3.8) is 0 Å². The zero-order valence-corrected chi connectivity index (χ0v) is 14.5. The Bertz CT molecular complexity index is 1060. The molecule has 2 aromatic carbocycles. The molecule has 0 saturated heterocycles. The van der Waals surface area contributed by atoms with Gasteiger partial charge in [-0.25, -0.2) is 9.48 Å². The quantitative estimate of drug-likeness (QED) is 0.677. The van der Waals surface area contributed by atoms with Gasteiger partial charge in [0.25, 0.3) is 5.56 Å². The van der Waals surface area contributed by atoms with Gasteiger partial charge in [-0.2, -0.15) is 10.4 Å². The first-order chi connectivity index (χ1) is 12.5. The van der Waals surface area contributed by atoms with Gasteiger partial charge in [0.2, 0.25) is 0 Å². The van der Waals surface area contributed by atoms with Gasteiger partial charge in [-0.3, -0.25) is 4.79 Å². The molecule has 1 heterocycles. The van der Waals surface area contributed by atoms with Crippen molar-refractivity contribution in [2.24, 2.45) is 0 Å². The maximum atomic E-state index is 12.6. The summed E-state index contributed by atoms with van der Waals surface area (Å²) in [5.74, 6) is -0.597. The number of esters is 1. The summed E-state index contributed by atoms with van der Waals surface area (Å²) in [7, 11) is 0. The second kappa shape index (κ2) is 7.19. The Morgan fingerprint density at radius 1 is 1.15 bits per heavy atom. The summed E-state index contributed by atoms with van der Waals surface area (Å²) in [6.45, 7) is 3.71. The third kappa shape index (κ3) is 3.33. The minimum atomic E-state index is -0.597. The Morgan fingerprint density at radius 3 is 2.42 bits per heavy atom. The van der Waals surface area contributed by atoms with E-state index in [4.69, 9.17) is 10.00 Å². The van der Waals surface area contributed by atoms with Gasteiger partial charge in [-0.1, -0.05) is 30.3 Å². The Balaban J connectivity index is 1.93. The van der Waals surface area contributed by atoms with Gasteiger partial charge in [0.1, 0.15) is 6.61 Å². The highest BCUT2D eigenvalue weighted by molar-refractivity contribution is 6.02. The minimum Gasteiger partial charge on any atom is -0.456 e. The number of benzene rings is 2. The summed E-state index contributed by atoms with van der Waals surface area (Å²) in [4.78, 5) is 25.1. The fraction of sp³-hybridized carbons (Fsp3) is 0.200. The zero-order valence-electron chi connectivity index (χ0n) is 14.5. The van der Waals surface area contributed by atoms with Gasteiger partial charge in [-0.15, -0.1) is 0 Å². The molecule has 0 atom stereocenters. The predicted octanol–water partition coefficient (Wildman–Crippen LogP) is 3.21. The smallest absolute Gasteiger partial charge is 0.359 e. The first-order valence-electron chi connectivity index (χ1n) is 8.19. The number of hydrogen-bond acceptors (Lipinski definition) is 5. The lowest BCUT2D eigenvalue weighted by molar-refractivity contribution is 0.0465. The minimum absolute atomic E-state index is 0.0569. The van der Waals surface area contributed by atoms with Crippen LogP contribution in [-0.4, -0.2) is 15.7 Å². The van der Waals surface area contributed by atoms with E-state index in [0.717, 1.165) is 5.56 Å². The second-order valence-electron chi connectivity index (χ2n) is 6.12. The monoisotopic (exact) mass is 347 g/mol. The largest absolute Gasteiger partial charge is 0.456 e. The molecule has 0 N–H and O–H groups in total. The van der Waals surface area contributed by atoms with Gasteiger partial charge in [0.05, 0.1) is 23.1 Å². The van der Waals surface area contributed by atoms with Crippen LogP contribution in [0.2, 0.25) is 0 Å². The molecule has 1 aromatic heterocycles. The first kappa shape index (κ1) is 17.4. The molecule has 0 aliphatic carbocycles. The van der Waals surface area contributed by atoms with Crippen LogP contribution in [0, 0.1) is 11.3 Å². The molecule has 0 bridgehead atoms. The van der Waals surface area contributed by atoms with Gasteiger partial charge in [0, 0.05) is 5.39 Å². The Morgan fingerprint density at radius 2 is 1.81 bits per heavy atom. The number of nitrogens with zero attached hydrogens (tertiary/aromatic N) is 3. The van der Waals surface area contributed by atoms with E-state index < -0.39 is 5.97 Å². The van der Waals surface area contributed by atoms with E-state index in [1.54, 1.807) is 48.5 Å². The fourth-order valence-corrected chi connectivity index (χ4v) is 2.60. The second-order valence-corrected chi connectivity index (χ2v) is 6.12. The van der Waals surface area contributed by atoms with Crippen LogP contribution in [-0.2, 0) is 11.3 Å². The van der Waals surface area contributed by atoms with Crippen LogP contribution >= 0.6 is 0 Å². The summed E-state index contributed by atoms with van der Waals surface area (Å²) in [5, 5.41) is 13.9. The topological polar surface area (TPSA) is 85.0 Å². The molecular weight excluding hydrogens is 330 g/mol. The van der Waals surface area contributed by atoms with E-state index in [-0.39, 0.29) is 23.9 Å². The van der Waals surface area contributed by atoms with Crippen molar-refractivity contribution >= 4 is 16.7 Å². The van der Waals surface area contributed by atoms with Crippen LogP contribution in [0.15, 0.2) is 53.3 Å². The first-order valence-corrected chi connectivity index (χ1v) is 8.19. The fourth-order valence-electron chi connectivity index (χ4n) is 2.60. The SMILES string of the molecule is CC(C)n1nc(C(=O)OCc2ccc(C#N)cc2)c2ccccc2c1=O. The van der Waals surface area contributed by atoms with E-state index in [9.17, 15) is 9.59 Å². The highest BCUT2D eigenvalue weighted by atomic mass is 16.5. The van der Waals surface area contributed by atoms with E-state index in [1.807, 2.05) is 19.9 Å². The number of ether oxygens (including phenoxy) is 1. The molecule has 26 heavy (non-hydrogen) atoms. The average molecular weight is 347 g/mol. The zero-order chi connectivity index (χ0) is 18.7. The molecule has 0 saturated carbocycles. The van der Waals surface area contributed by atoms with Crippen LogP contribution < -0.4 is 5.56 Å². The molecular formula is C20H17N3O3. The maximum Gasteiger partial charge on any atom is 0.359 e. The molecule has 0 aliphatic heterocycles. The Kier molecular flexibility index (Phi) is 4.81. The number of aromatic nitrogens is 2. The normalized spacial score (nSPS) is 10.7. The highest BCUT2D eigenvalue weighted by Crippen LogP contribution is 2.16. The predicted molar refractivity (Wildman–Crippen MR) is 96.7 cm³/mol. The summed E-state index contributed by atoms with van der Waals surface area (Å²) in [6.07, 6.45) is 0. The average Bonchev–Trinajstić information content (AvgIpc) is 2.66. The van der Waals surface area contributed by atoms with Crippen molar-refractivity contribution in [3.8, 4) is 6.07 Å². The van der Waals surface area contributed by atoms with E-state index >= 15 is 0 Å². The molecule has 0 fully saturated rings. The Hall–Kier alpha value is -3.46. The van der Waals surface area contributed by atoms with Crippen molar-refractivity contribution in [1.29, 1.82) is 5.26 Å². The summed E-state index contributed by atoms with van der Waals surface area (Å²) >= 11 is 0. The number of rotatable bonds is 4. The van der Waals surface area contributed by atoms with Crippen molar-refractivity contribution in [3.05, 3.63) is 75.7 Å². The van der Waals surface area contributed by atoms with Crippen LogP contribution in [0.1, 0.15) is 41.5 Å². The van der Waals surface area contributed by atoms with E-state index in [0.29, 0.717) is 16.3 Å². The van der Waals surface area contributed by atoms with Gasteiger partial charge in [0.15, 0.2) is 5.69 Å². The van der Waals surface area contributed by atoms with Crippen molar-refractivity contribution in [2.75, 3.05) is 0 Å². The highest BCUT2D eigenvalue weighted by Gasteiger charge is 2.19. The van der Waals surface area contributed by atoms with Crippen molar-refractivity contribution < 1.29 is 9.53 Å². The molecule has 0 aliphatic rings. The summed E-state index contributed by atoms with van der Waals surface area (Å²) in [6, 6.07) is 15.5. The molecule has 0 radical (unpaired) electrons. The third-order valence-electron chi connectivity index (χ3n) is 3.96. The lowest BCUT2D eigenvalue weighted by Crippen LogP contribution is -2.27. The molecule has 6 nitrogen and oxygen atoms in total. The molecule has 0 spiro atoms. The van der Waals surface area contributed by atoms with Gasteiger partial charge < -0.3 is 4.74 Å². The van der Waals surface area contributed by atoms with E-state index in [1.165, 1.54) is 4.68 Å². The van der Waals surface area contributed by atoms with Gasteiger partial charge in [-0.05, 0) is 37.6 Å². The molecule has 3 rings (SSSR count). The molecule has 130 valence electrons. The molecule has 0 unspecified atom stereocenters. The lowest BCUT2D eigenvalue weighted by atomic mass is 10.1. The van der Waals surface area contributed by atoms with Crippen LogP contribution in [0.3, 0.4) is 0 Å². The van der Waals surface area contributed by atoms with Gasteiger partial charge >= 0.3 is 5.97 Å². The number of hydrogen-bond donors (Lipinski definition) is 0. The van der Waals surface area contributed by atoms with Crippen LogP contribution in [0.25, 0.3) is 10.8 Å². The van der Waals surface area contributed by atoms with Crippen LogP contribution in [0.5, 0.6) is 0 Å². The summed E-state index contributed by atoms with van der Waals surface area (Å²) < 4.78 is 6.66. The third-order valence-corrected chi connectivity index (χ3v) is 3.96. The molecule has 3 aromatic rings. The Labute approximate surface area is 150 Å². The number of carbonyl (C=O) groups is 1. The summed E-state index contributed by atoms with van der Waals surface area (Å²) in [5.41, 5.74) is 1.18. The molecule has 0 amide bonds. The van der Waals surface area contributed by atoms with E-state index in [2.05, 4.69) is 5.10 Å². The van der Waals surface area contributed by atoms with Crippen molar-refractivity contribution in [2.45, 2.75) is 26.5 Å². The number of fused-ring (bicyclic) bond motifs is 1. The standard InChI is InChI=1S/C20H17N3O3/c1-13(2)23-19(24)17-6-4-3-5-16(17)18(22-23)20(25)26-12-15-9-7-14(11-21)8-10-15/h3-10,13H,12H2,1-2H3. The molecule has 6 heteroatoms. The maximum absolute atomic E-state index is 12.6. The number of nitriles is 1.